The number of hydrogen-bond donors (Lipinski definition) is 3. The minimum Gasteiger partial charge on any atom is -0.374 e. The van der Waals surface area contributed by atoms with E-state index in [9.17, 15) is 13.2 Å². The van der Waals surface area contributed by atoms with E-state index in [0.717, 1.165) is 31.3 Å². The summed E-state index contributed by atoms with van der Waals surface area (Å²) in [5, 5.41) is 9.39. The zero-order valence-electron chi connectivity index (χ0n) is 13.3. The molecular formula is C14H21F3N6. The average molecular weight is 330 g/mol. The lowest BCUT2D eigenvalue weighted by atomic mass is 10.1. The Labute approximate surface area is 132 Å². The molecule has 0 saturated heterocycles. The average Bonchev–Trinajstić information content (AvgIpc) is 2.85. The van der Waals surface area contributed by atoms with Crippen molar-refractivity contribution in [3.05, 3.63) is 28.8 Å². The van der Waals surface area contributed by atoms with Crippen LogP contribution in [0.25, 0.3) is 0 Å². The minimum atomic E-state index is -4.52. The van der Waals surface area contributed by atoms with Crippen molar-refractivity contribution in [2.45, 2.75) is 45.2 Å². The number of nitrogens with one attached hydrogen (secondary N) is 2. The molecule has 9 heteroatoms. The Bertz CT molecular complexity index is 631. The van der Waals surface area contributed by atoms with Crippen LogP contribution in [0.3, 0.4) is 0 Å². The summed E-state index contributed by atoms with van der Waals surface area (Å²) in [7, 11) is 1.39. The highest BCUT2D eigenvalue weighted by molar-refractivity contribution is 5.82. The summed E-state index contributed by atoms with van der Waals surface area (Å²) in [5.74, 6) is -1.70. The zero-order chi connectivity index (χ0) is 17.3. The third-order valence-corrected chi connectivity index (χ3v) is 3.77. The Hall–Kier alpha value is -2.03. The first-order chi connectivity index (χ1) is 10.7. The van der Waals surface area contributed by atoms with Crippen molar-refractivity contribution in [3.8, 4) is 0 Å². The molecule has 6 nitrogen and oxygen atoms in total. The van der Waals surface area contributed by atoms with Gasteiger partial charge in [0.2, 0.25) is 5.79 Å². The second-order valence-electron chi connectivity index (χ2n) is 5.41. The molecule has 1 aliphatic rings. The number of nitrogens with two attached hydrogens (primary N) is 1. The Kier molecular flexibility index (Phi) is 4.69. The number of nitrogens with zero attached hydrogens (tertiary/aromatic N) is 3. The summed E-state index contributed by atoms with van der Waals surface area (Å²) in [6.45, 7) is 4.62. The van der Waals surface area contributed by atoms with E-state index < -0.39 is 17.5 Å². The lowest BCUT2D eigenvalue weighted by molar-refractivity contribution is -0.0875. The van der Waals surface area contributed by atoms with E-state index >= 15 is 0 Å². The smallest absolute Gasteiger partial charge is 0.374 e. The normalized spacial score (nSPS) is 21.5. The van der Waals surface area contributed by atoms with E-state index in [4.69, 9.17) is 5.73 Å². The van der Waals surface area contributed by atoms with Gasteiger partial charge >= 0.3 is 6.18 Å². The molecule has 0 amide bonds. The molecule has 2 rings (SSSR count). The summed E-state index contributed by atoms with van der Waals surface area (Å²) < 4.78 is 40.7. The summed E-state index contributed by atoms with van der Waals surface area (Å²) in [5.41, 5.74) is 6.61. The predicted octanol–water partition coefficient (Wildman–Crippen LogP) is 1.73. The van der Waals surface area contributed by atoms with Gasteiger partial charge in [-0.05, 0) is 13.3 Å². The molecule has 0 spiro atoms. The van der Waals surface area contributed by atoms with Crippen molar-refractivity contribution in [1.82, 2.24) is 20.4 Å². The first kappa shape index (κ1) is 17.3. The van der Waals surface area contributed by atoms with Crippen molar-refractivity contribution in [3.63, 3.8) is 0 Å². The maximum atomic E-state index is 13.0. The fourth-order valence-corrected chi connectivity index (χ4v) is 2.42. The molecule has 0 radical (unpaired) electrons. The monoisotopic (exact) mass is 330 g/mol. The lowest BCUT2D eigenvalue weighted by Crippen LogP contribution is -2.54. The van der Waals surface area contributed by atoms with Gasteiger partial charge in [-0.1, -0.05) is 13.3 Å². The lowest BCUT2D eigenvalue weighted by Gasteiger charge is -2.33. The van der Waals surface area contributed by atoms with E-state index in [-0.39, 0.29) is 5.82 Å². The minimum absolute atomic E-state index is 0.212. The van der Waals surface area contributed by atoms with Crippen molar-refractivity contribution in [1.29, 1.82) is 0 Å². The number of alkyl halides is 3. The maximum absolute atomic E-state index is 13.0. The van der Waals surface area contributed by atoms with Crippen LogP contribution >= 0.6 is 0 Å². The summed E-state index contributed by atoms with van der Waals surface area (Å²) >= 11 is 0. The van der Waals surface area contributed by atoms with Gasteiger partial charge in [-0.25, -0.2) is 4.99 Å². The number of rotatable bonds is 5. The molecule has 0 fully saturated rings. The third-order valence-electron chi connectivity index (χ3n) is 3.77. The highest BCUT2D eigenvalue weighted by atomic mass is 19.4. The molecule has 1 aromatic rings. The van der Waals surface area contributed by atoms with Crippen LogP contribution in [0.2, 0.25) is 0 Å². The largest absolute Gasteiger partial charge is 0.421 e. The molecule has 0 aliphatic carbocycles. The van der Waals surface area contributed by atoms with Gasteiger partial charge in [-0.3, -0.25) is 10.4 Å². The van der Waals surface area contributed by atoms with Crippen LogP contribution in [0, 0.1) is 6.92 Å². The summed E-state index contributed by atoms with van der Waals surface area (Å²) in [6.07, 6.45) is -0.251. The first-order valence-corrected chi connectivity index (χ1v) is 7.37. The van der Waals surface area contributed by atoms with Crippen molar-refractivity contribution in [2.75, 3.05) is 7.05 Å². The molecular weight excluding hydrogens is 309 g/mol. The van der Waals surface area contributed by atoms with Gasteiger partial charge in [-0.2, -0.15) is 18.3 Å². The number of unbranched alkanes of at least 4 members (excludes halogenated alkanes) is 1. The van der Waals surface area contributed by atoms with Crippen LogP contribution in [0.15, 0.2) is 22.6 Å². The van der Waals surface area contributed by atoms with Crippen molar-refractivity contribution >= 4 is 6.21 Å². The predicted molar refractivity (Wildman–Crippen MR) is 81.5 cm³/mol. The molecule has 1 unspecified atom stereocenters. The zero-order valence-corrected chi connectivity index (χ0v) is 13.3. The Morgan fingerprint density at radius 1 is 1.43 bits per heavy atom. The van der Waals surface area contributed by atoms with Gasteiger partial charge in [0.1, 0.15) is 11.4 Å². The van der Waals surface area contributed by atoms with Crippen LogP contribution in [-0.2, 0) is 12.3 Å². The van der Waals surface area contributed by atoms with Crippen LogP contribution in [0.4, 0.5) is 13.2 Å². The number of aryl methyl sites for hydroxylation is 1. The quantitative estimate of drug-likeness (QED) is 0.768. The van der Waals surface area contributed by atoms with E-state index in [1.807, 2.05) is 6.92 Å². The van der Waals surface area contributed by atoms with E-state index in [1.165, 1.54) is 7.05 Å². The van der Waals surface area contributed by atoms with Crippen LogP contribution in [-0.4, -0.2) is 29.2 Å². The molecule has 0 saturated carbocycles. The van der Waals surface area contributed by atoms with Gasteiger partial charge in [-0.15, -0.1) is 0 Å². The van der Waals surface area contributed by atoms with Gasteiger partial charge < -0.3 is 10.6 Å². The van der Waals surface area contributed by atoms with Gasteiger partial charge in [0.15, 0.2) is 0 Å². The molecule has 1 aromatic heterocycles. The molecule has 1 aliphatic heterocycles. The molecule has 1 atom stereocenters. The Morgan fingerprint density at radius 2 is 2.13 bits per heavy atom. The van der Waals surface area contributed by atoms with Crippen molar-refractivity contribution in [2.24, 2.45) is 10.7 Å². The van der Waals surface area contributed by atoms with E-state index in [2.05, 4.69) is 27.6 Å². The molecule has 2 heterocycles. The highest BCUT2D eigenvalue weighted by Gasteiger charge is 2.42. The number of aliphatic imine (C=N–C) groups is 1. The number of halogens is 3. The standard InChI is InChI=1S/C14H21F3N6/c1-4-5-6-23-9(2)10(8-21-23)14(18)20-7-11(13(15,16)17)12(19-3)22-14/h7-8,19,22H,4-6,18H2,1-3H3. The van der Waals surface area contributed by atoms with Crippen LogP contribution in [0.5, 0.6) is 0 Å². The molecule has 128 valence electrons. The number of aromatic nitrogens is 2. The van der Waals surface area contributed by atoms with Crippen LogP contribution in [0.1, 0.15) is 31.0 Å². The topological polar surface area (TPSA) is 80.3 Å². The van der Waals surface area contributed by atoms with Gasteiger partial charge in [0.25, 0.3) is 0 Å². The highest BCUT2D eigenvalue weighted by Crippen LogP contribution is 2.31. The third kappa shape index (κ3) is 3.34. The van der Waals surface area contributed by atoms with Crippen molar-refractivity contribution < 1.29 is 13.2 Å². The van der Waals surface area contributed by atoms with Crippen LogP contribution < -0.4 is 16.4 Å². The Morgan fingerprint density at radius 3 is 2.70 bits per heavy atom. The fraction of sp³-hybridized carbons (Fsp3) is 0.571. The SMILES string of the molecule is CCCCn1ncc(C2(N)N=CC(C(F)(F)F)=C(NC)N2)c1C. The number of allylic oxidation sites excluding steroid dienone is 1. The summed E-state index contributed by atoms with van der Waals surface area (Å²) in [6, 6.07) is 0. The fourth-order valence-electron chi connectivity index (χ4n) is 2.42. The van der Waals surface area contributed by atoms with E-state index in [1.54, 1.807) is 10.9 Å². The first-order valence-electron chi connectivity index (χ1n) is 7.37. The van der Waals surface area contributed by atoms with Gasteiger partial charge in [0, 0.05) is 25.5 Å². The molecule has 4 N–H and O–H groups in total. The molecule has 0 bridgehead atoms. The van der Waals surface area contributed by atoms with E-state index in [0.29, 0.717) is 5.56 Å². The van der Waals surface area contributed by atoms with Gasteiger partial charge in [0.05, 0.1) is 11.8 Å². The number of hydrogen-bond acceptors (Lipinski definition) is 5. The molecule has 0 aromatic carbocycles. The second kappa shape index (κ2) is 6.23. The summed E-state index contributed by atoms with van der Waals surface area (Å²) in [4.78, 5) is 3.90. The second-order valence-corrected chi connectivity index (χ2v) is 5.41. The molecule has 23 heavy (non-hydrogen) atoms. The Balaban J connectivity index is 2.34. The maximum Gasteiger partial charge on any atom is 0.421 e.